The van der Waals surface area contributed by atoms with Gasteiger partial charge in [0.2, 0.25) is 11.8 Å². The molecule has 1 saturated carbocycles. The van der Waals surface area contributed by atoms with Gasteiger partial charge in [-0.1, -0.05) is 17.7 Å². The highest BCUT2D eigenvalue weighted by atomic mass is 35.5. The maximum atomic E-state index is 12.9. The van der Waals surface area contributed by atoms with Crippen LogP contribution in [0.1, 0.15) is 43.0 Å². The molecule has 1 amide bonds. The average Bonchev–Trinajstić information content (AvgIpc) is 3.52. The number of aryl methyl sites for hydroxylation is 1. The zero-order chi connectivity index (χ0) is 26.7. The van der Waals surface area contributed by atoms with Crippen LogP contribution in [0.3, 0.4) is 0 Å². The summed E-state index contributed by atoms with van der Waals surface area (Å²) in [6, 6.07) is 9.75. The lowest BCUT2D eigenvalue weighted by molar-refractivity contribution is -0.187. The number of ether oxygens (including phenoxy) is 2. The highest BCUT2D eigenvalue weighted by Crippen LogP contribution is 2.41. The van der Waals surface area contributed by atoms with E-state index in [-0.39, 0.29) is 23.7 Å². The number of aromatic nitrogens is 5. The molecule has 2 bridgehead atoms. The Kier molecular flexibility index (Phi) is 5.82. The maximum Gasteiger partial charge on any atom is 0.245 e. The summed E-state index contributed by atoms with van der Waals surface area (Å²) in [5.41, 5.74) is 4.65. The summed E-state index contributed by atoms with van der Waals surface area (Å²) < 4.78 is 13.9. The maximum absolute atomic E-state index is 12.9. The number of piperidine rings is 1. The SMILES string of the molecule is Cc1ccnc(Cn2c(-c3ccc(CC(=O)N4C[C@H]5C[C@@H](C4)O5)cc3Cl)nc3c(OC4(C)CC4)ncnc32)c1. The molecule has 2 atom stereocenters. The van der Waals surface area contributed by atoms with Gasteiger partial charge in [0.1, 0.15) is 17.8 Å². The molecule has 0 spiro atoms. The summed E-state index contributed by atoms with van der Waals surface area (Å²) in [5, 5.41) is 0.517. The zero-order valence-corrected chi connectivity index (χ0v) is 22.7. The average molecular weight is 545 g/mol. The zero-order valence-electron chi connectivity index (χ0n) is 21.9. The number of hydrogen-bond donors (Lipinski definition) is 0. The summed E-state index contributed by atoms with van der Waals surface area (Å²) in [4.78, 5) is 33.4. The van der Waals surface area contributed by atoms with Gasteiger partial charge in [-0.25, -0.2) is 9.97 Å². The van der Waals surface area contributed by atoms with E-state index >= 15 is 0 Å². The molecule has 10 heteroatoms. The van der Waals surface area contributed by atoms with E-state index in [1.165, 1.54) is 6.33 Å². The fourth-order valence-corrected chi connectivity index (χ4v) is 5.69. The van der Waals surface area contributed by atoms with Gasteiger partial charge in [0.05, 0.1) is 35.9 Å². The van der Waals surface area contributed by atoms with Gasteiger partial charge >= 0.3 is 0 Å². The summed E-state index contributed by atoms with van der Waals surface area (Å²) in [5.74, 6) is 1.22. The van der Waals surface area contributed by atoms with Crippen LogP contribution in [-0.4, -0.2) is 66.2 Å². The van der Waals surface area contributed by atoms with Crippen LogP contribution in [-0.2, 0) is 22.5 Å². The van der Waals surface area contributed by atoms with Crippen LogP contribution in [0.15, 0.2) is 42.9 Å². The molecule has 1 aliphatic carbocycles. The lowest BCUT2D eigenvalue weighted by Gasteiger charge is -2.47. The monoisotopic (exact) mass is 544 g/mol. The van der Waals surface area contributed by atoms with E-state index in [0.29, 0.717) is 53.9 Å². The minimum absolute atomic E-state index is 0.0974. The van der Waals surface area contributed by atoms with Gasteiger partial charge in [0, 0.05) is 31.3 Å². The third-order valence-corrected chi connectivity index (χ3v) is 8.14. The highest BCUT2D eigenvalue weighted by molar-refractivity contribution is 6.33. The van der Waals surface area contributed by atoms with Crippen LogP contribution in [0, 0.1) is 6.92 Å². The number of nitrogens with zero attached hydrogens (tertiary/aromatic N) is 6. The standard InChI is InChI=1S/C29H29ClN6O3/c1-17-5-8-31-19(9-17)13-36-26(34-25-27(36)32-16-33-28(25)39-29(2)6-7-29)22-4-3-18(10-23(22)30)11-24(37)35-14-20-12-21(15-35)38-20/h3-5,8-10,16,20-21H,6-7,11-15H2,1-2H3/t20-,21+. The summed E-state index contributed by atoms with van der Waals surface area (Å²) in [7, 11) is 0. The van der Waals surface area contributed by atoms with Gasteiger partial charge in [0.15, 0.2) is 11.2 Å². The number of amides is 1. The molecular weight excluding hydrogens is 516 g/mol. The van der Waals surface area contributed by atoms with Crippen molar-refractivity contribution in [3.8, 4) is 17.3 Å². The molecule has 0 N–H and O–H groups in total. The summed E-state index contributed by atoms with van der Waals surface area (Å²) >= 11 is 6.87. The normalized spacial score (nSPS) is 21.1. The first-order valence-corrected chi connectivity index (χ1v) is 13.8. The Morgan fingerprint density at radius 3 is 2.67 bits per heavy atom. The van der Waals surface area contributed by atoms with Crippen LogP contribution in [0.25, 0.3) is 22.6 Å². The molecule has 1 aromatic carbocycles. The molecule has 0 unspecified atom stereocenters. The minimum Gasteiger partial charge on any atom is -0.470 e. The topological polar surface area (TPSA) is 95.3 Å². The minimum atomic E-state index is -0.212. The van der Waals surface area contributed by atoms with Crippen molar-refractivity contribution in [2.45, 2.75) is 63.9 Å². The van der Waals surface area contributed by atoms with Crippen molar-refractivity contribution < 1.29 is 14.3 Å². The molecule has 9 nitrogen and oxygen atoms in total. The van der Waals surface area contributed by atoms with Crippen LogP contribution < -0.4 is 4.74 Å². The van der Waals surface area contributed by atoms with E-state index in [9.17, 15) is 4.79 Å². The number of carbonyl (C=O) groups excluding carboxylic acids is 1. The highest BCUT2D eigenvalue weighted by Gasteiger charge is 2.41. The molecule has 6 heterocycles. The van der Waals surface area contributed by atoms with Gasteiger partial charge in [-0.2, -0.15) is 4.98 Å². The van der Waals surface area contributed by atoms with Crippen molar-refractivity contribution in [1.82, 2.24) is 29.4 Å². The summed E-state index contributed by atoms with van der Waals surface area (Å²) in [6.07, 6.45) is 7.01. The van der Waals surface area contributed by atoms with Crippen LogP contribution in [0.2, 0.25) is 5.02 Å². The first-order chi connectivity index (χ1) is 18.8. The molecule has 4 aromatic rings. The number of carbonyl (C=O) groups is 1. The van der Waals surface area contributed by atoms with Crippen molar-refractivity contribution in [2.75, 3.05) is 13.1 Å². The van der Waals surface area contributed by atoms with E-state index in [0.717, 1.165) is 41.6 Å². The fourth-order valence-electron chi connectivity index (χ4n) is 5.40. The number of pyridine rings is 1. The smallest absolute Gasteiger partial charge is 0.245 e. The lowest BCUT2D eigenvalue weighted by Crippen LogP contribution is -2.58. The molecule has 4 aliphatic rings. The molecule has 3 aromatic heterocycles. The second kappa shape index (κ2) is 9.27. The van der Waals surface area contributed by atoms with Gasteiger partial charge in [0.25, 0.3) is 0 Å². The van der Waals surface area contributed by atoms with Crippen LogP contribution >= 0.6 is 11.6 Å². The molecule has 39 heavy (non-hydrogen) atoms. The van der Waals surface area contributed by atoms with Crippen molar-refractivity contribution in [1.29, 1.82) is 0 Å². The van der Waals surface area contributed by atoms with E-state index in [4.69, 9.17) is 26.1 Å². The molecule has 3 saturated heterocycles. The fraction of sp³-hybridized carbons (Fsp3) is 0.414. The van der Waals surface area contributed by atoms with E-state index in [1.54, 1.807) is 6.20 Å². The van der Waals surface area contributed by atoms with Crippen LogP contribution in [0.4, 0.5) is 0 Å². The molecule has 200 valence electrons. The molecule has 8 rings (SSSR count). The molecular formula is C29H29ClN6O3. The van der Waals surface area contributed by atoms with Crippen LogP contribution in [0.5, 0.6) is 5.88 Å². The first kappa shape index (κ1) is 24.5. The predicted molar refractivity (Wildman–Crippen MR) is 146 cm³/mol. The quantitative estimate of drug-likeness (QED) is 0.341. The largest absolute Gasteiger partial charge is 0.470 e. The number of halogens is 1. The van der Waals surface area contributed by atoms with E-state index < -0.39 is 0 Å². The Labute approximate surface area is 231 Å². The number of hydrogen-bond acceptors (Lipinski definition) is 7. The Balaban J connectivity index is 1.24. The van der Waals surface area contributed by atoms with Crippen molar-refractivity contribution >= 4 is 28.7 Å². The first-order valence-electron chi connectivity index (χ1n) is 13.4. The van der Waals surface area contributed by atoms with Crippen molar-refractivity contribution in [3.63, 3.8) is 0 Å². The Morgan fingerprint density at radius 1 is 1.15 bits per heavy atom. The predicted octanol–water partition coefficient (Wildman–Crippen LogP) is 4.37. The van der Waals surface area contributed by atoms with Crippen molar-refractivity contribution in [2.24, 2.45) is 0 Å². The third-order valence-electron chi connectivity index (χ3n) is 7.83. The lowest BCUT2D eigenvalue weighted by atomic mass is 9.98. The number of benzene rings is 1. The molecule has 0 radical (unpaired) electrons. The number of morpholine rings is 1. The summed E-state index contributed by atoms with van der Waals surface area (Å²) in [6.45, 7) is 5.91. The third kappa shape index (κ3) is 4.74. The Morgan fingerprint density at radius 2 is 1.95 bits per heavy atom. The van der Waals surface area contributed by atoms with E-state index in [1.807, 2.05) is 46.7 Å². The Bertz CT molecular complexity index is 1580. The number of rotatable bonds is 7. The second-order valence-corrected chi connectivity index (χ2v) is 11.6. The van der Waals surface area contributed by atoms with Gasteiger partial charge in [-0.05, 0) is 62.1 Å². The Hall–Kier alpha value is -3.56. The van der Waals surface area contributed by atoms with Crippen molar-refractivity contribution in [3.05, 3.63) is 64.7 Å². The number of imidazole rings is 1. The number of fused-ring (bicyclic) bond motifs is 3. The van der Waals surface area contributed by atoms with Gasteiger partial charge in [-0.15, -0.1) is 0 Å². The van der Waals surface area contributed by atoms with Gasteiger partial charge < -0.3 is 18.9 Å². The van der Waals surface area contributed by atoms with Gasteiger partial charge in [-0.3, -0.25) is 9.78 Å². The van der Waals surface area contributed by atoms with E-state index in [2.05, 4.69) is 21.9 Å². The molecule has 4 fully saturated rings. The second-order valence-electron chi connectivity index (χ2n) is 11.2. The molecule has 3 aliphatic heterocycles.